The molecule has 0 radical (unpaired) electrons. The molecule has 152 valence electrons. The molecule has 0 aliphatic carbocycles. The minimum absolute atomic E-state index is 0.0455. The standard InChI is InChI=1S/C25H23ClN2O2/c26-21-12-10-18(11-13-21)16-24(29)27-23-9-5-4-8-22(23)25(30)28-15-14-20(17-28)19-6-2-1-3-7-19/h1-13,20H,14-17H2,(H,27,29). The molecule has 1 aliphatic heterocycles. The highest BCUT2D eigenvalue weighted by molar-refractivity contribution is 6.30. The van der Waals surface area contributed by atoms with E-state index in [1.54, 1.807) is 24.3 Å². The van der Waals surface area contributed by atoms with Gasteiger partial charge in [-0.05, 0) is 41.8 Å². The van der Waals surface area contributed by atoms with E-state index in [2.05, 4.69) is 17.4 Å². The monoisotopic (exact) mass is 418 g/mol. The molecule has 0 saturated carbocycles. The van der Waals surface area contributed by atoms with Crippen molar-refractivity contribution in [3.05, 3.63) is 101 Å². The van der Waals surface area contributed by atoms with E-state index in [1.165, 1.54) is 5.56 Å². The van der Waals surface area contributed by atoms with Crippen molar-refractivity contribution in [2.24, 2.45) is 0 Å². The summed E-state index contributed by atoms with van der Waals surface area (Å²) in [6, 6.07) is 24.7. The number of halogens is 1. The van der Waals surface area contributed by atoms with E-state index in [0.717, 1.165) is 12.0 Å². The first-order valence-electron chi connectivity index (χ1n) is 10.1. The Balaban J connectivity index is 1.44. The number of nitrogens with one attached hydrogen (secondary N) is 1. The van der Waals surface area contributed by atoms with E-state index < -0.39 is 0 Å². The number of carbonyl (C=O) groups is 2. The number of likely N-dealkylation sites (tertiary alicyclic amines) is 1. The fourth-order valence-electron chi connectivity index (χ4n) is 3.87. The van der Waals surface area contributed by atoms with E-state index in [9.17, 15) is 9.59 Å². The maximum Gasteiger partial charge on any atom is 0.255 e. The molecule has 2 amide bonds. The van der Waals surface area contributed by atoms with E-state index in [4.69, 9.17) is 11.6 Å². The van der Waals surface area contributed by atoms with Gasteiger partial charge in [-0.1, -0.05) is 66.2 Å². The van der Waals surface area contributed by atoms with Gasteiger partial charge in [0.15, 0.2) is 0 Å². The van der Waals surface area contributed by atoms with Gasteiger partial charge in [-0.15, -0.1) is 0 Å². The first kappa shape index (κ1) is 20.2. The molecule has 0 bridgehead atoms. The third kappa shape index (κ3) is 4.71. The van der Waals surface area contributed by atoms with Crippen LogP contribution in [0.15, 0.2) is 78.9 Å². The SMILES string of the molecule is O=C(Cc1ccc(Cl)cc1)Nc1ccccc1C(=O)N1CCC(c2ccccc2)C1. The number of nitrogens with zero attached hydrogens (tertiary/aromatic N) is 1. The molecule has 3 aromatic rings. The Morgan fingerprint density at radius 3 is 2.40 bits per heavy atom. The maximum absolute atomic E-state index is 13.2. The van der Waals surface area contributed by atoms with Crippen LogP contribution in [0.3, 0.4) is 0 Å². The number of anilines is 1. The van der Waals surface area contributed by atoms with Crippen LogP contribution in [0.4, 0.5) is 5.69 Å². The number of hydrogen-bond acceptors (Lipinski definition) is 2. The summed E-state index contributed by atoms with van der Waals surface area (Å²) < 4.78 is 0. The largest absolute Gasteiger partial charge is 0.338 e. The molecular formula is C25H23ClN2O2. The third-order valence-electron chi connectivity index (χ3n) is 5.46. The minimum atomic E-state index is -0.166. The van der Waals surface area contributed by atoms with Crippen molar-refractivity contribution >= 4 is 29.1 Å². The number of carbonyl (C=O) groups excluding carboxylic acids is 2. The van der Waals surface area contributed by atoms with Gasteiger partial charge in [0.2, 0.25) is 5.91 Å². The summed E-state index contributed by atoms with van der Waals surface area (Å²) in [7, 11) is 0. The Labute approximate surface area is 181 Å². The molecule has 5 heteroatoms. The number of para-hydroxylation sites is 1. The van der Waals surface area contributed by atoms with Crippen LogP contribution < -0.4 is 5.32 Å². The van der Waals surface area contributed by atoms with Crippen molar-refractivity contribution in [3.8, 4) is 0 Å². The molecule has 1 unspecified atom stereocenters. The lowest BCUT2D eigenvalue weighted by molar-refractivity contribution is -0.115. The molecule has 0 spiro atoms. The first-order valence-corrected chi connectivity index (χ1v) is 10.5. The number of benzene rings is 3. The third-order valence-corrected chi connectivity index (χ3v) is 5.71. The van der Waals surface area contributed by atoms with Gasteiger partial charge in [0.1, 0.15) is 0 Å². The molecule has 1 saturated heterocycles. The highest BCUT2D eigenvalue weighted by atomic mass is 35.5. The minimum Gasteiger partial charge on any atom is -0.338 e. The van der Waals surface area contributed by atoms with E-state index in [-0.39, 0.29) is 18.2 Å². The van der Waals surface area contributed by atoms with Crippen molar-refractivity contribution in [2.75, 3.05) is 18.4 Å². The van der Waals surface area contributed by atoms with Crippen molar-refractivity contribution < 1.29 is 9.59 Å². The van der Waals surface area contributed by atoms with Crippen LogP contribution in [0.25, 0.3) is 0 Å². The van der Waals surface area contributed by atoms with Crippen molar-refractivity contribution in [1.82, 2.24) is 4.90 Å². The summed E-state index contributed by atoms with van der Waals surface area (Å²) in [5, 5.41) is 3.54. The predicted molar refractivity (Wildman–Crippen MR) is 120 cm³/mol. The Morgan fingerprint density at radius 1 is 0.933 bits per heavy atom. The van der Waals surface area contributed by atoms with Gasteiger partial charge in [-0.3, -0.25) is 9.59 Å². The lowest BCUT2D eigenvalue weighted by Gasteiger charge is -2.19. The highest BCUT2D eigenvalue weighted by Crippen LogP contribution is 2.29. The fraction of sp³-hybridized carbons (Fsp3) is 0.200. The van der Waals surface area contributed by atoms with Gasteiger partial charge >= 0.3 is 0 Å². The summed E-state index contributed by atoms with van der Waals surface area (Å²) in [6.07, 6.45) is 1.17. The van der Waals surface area contributed by atoms with Crippen LogP contribution in [0.1, 0.15) is 33.8 Å². The summed E-state index contributed by atoms with van der Waals surface area (Å²) in [4.78, 5) is 27.6. The van der Waals surface area contributed by atoms with Gasteiger partial charge in [-0.25, -0.2) is 0 Å². The lowest BCUT2D eigenvalue weighted by Crippen LogP contribution is -2.29. The normalized spacial score (nSPS) is 15.8. The Kier molecular flexibility index (Phi) is 6.15. The molecule has 1 fully saturated rings. The first-order chi connectivity index (χ1) is 14.6. The van der Waals surface area contributed by atoms with Gasteiger partial charge in [0.05, 0.1) is 17.7 Å². The maximum atomic E-state index is 13.2. The highest BCUT2D eigenvalue weighted by Gasteiger charge is 2.29. The number of amides is 2. The van der Waals surface area contributed by atoms with Gasteiger partial charge in [0.25, 0.3) is 5.91 Å². The zero-order chi connectivity index (χ0) is 20.9. The number of rotatable bonds is 5. The molecule has 3 aromatic carbocycles. The second-order valence-corrected chi connectivity index (χ2v) is 7.98. The van der Waals surface area contributed by atoms with E-state index in [1.807, 2.05) is 47.4 Å². The Hall–Kier alpha value is -3.11. The van der Waals surface area contributed by atoms with Gasteiger partial charge in [0, 0.05) is 24.0 Å². The zero-order valence-corrected chi connectivity index (χ0v) is 17.3. The molecule has 1 heterocycles. The topological polar surface area (TPSA) is 49.4 Å². The summed E-state index contributed by atoms with van der Waals surface area (Å²) >= 11 is 5.90. The van der Waals surface area contributed by atoms with Crippen LogP contribution in [0.2, 0.25) is 5.02 Å². The second-order valence-electron chi connectivity index (χ2n) is 7.54. The average molecular weight is 419 g/mol. The van der Waals surface area contributed by atoms with Crippen molar-refractivity contribution in [3.63, 3.8) is 0 Å². The summed E-state index contributed by atoms with van der Waals surface area (Å²) in [5.41, 5.74) is 3.20. The molecule has 1 atom stereocenters. The fourth-order valence-corrected chi connectivity index (χ4v) is 4.00. The smallest absolute Gasteiger partial charge is 0.255 e. The molecule has 30 heavy (non-hydrogen) atoms. The van der Waals surface area contributed by atoms with Crippen LogP contribution in [-0.2, 0) is 11.2 Å². The zero-order valence-electron chi connectivity index (χ0n) is 16.6. The van der Waals surface area contributed by atoms with Crippen LogP contribution in [0.5, 0.6) is 0 Å². The van der Waals surface area contributed by atoms with E-state index >= 15 is 0 Å². The lowest BCUT2D eigenvalue weighted by atomic mass is 9.99. The van der Waals surface area contributed by atoms with Crippen LogP contribution in [-0.4, -0.2) is 29.8 Å². The molecule has 4 rings (SSSR count). The second kappa shape index (κ2) is 9.14. The van der Waals surface area contributed by atoms with Gasteiger partial charge in [-0.2, -0.15) is 0 Å². The Morgan fingerprint density at radius 2 is 1.63 bits per heavy atom. The predicted octanol–water partition coefficient (Wildman–Crippen LogP) is 5.15. The quantitative estimate of drug-likeness (QED) is 0.622. The van der Waals surface area contributed by atoms with Crippen LogP contribution >= 0.6 is 11.6 Å². The van der Waals surface area contributed by atoms with E-state index in [0.29, 0.717) is 35.3 Å². The average Bonchev–Trinajstić information content (AvgIpc) is 3.26. The molecule has 0 aromatic heterocycles. The van der Waals surface area contributed by atoms with Crippen LogP contribution in [0, 0.1) is 0 Å². The summed E-state index contributed by atoms with van der Waals surface area (Å²) in [5.74, 6) is 0.138. The molecular weight excluding hydrogens is 396 g/mol. The summed E-state index contributed by atoms with van der Waals surface area (Å²) in [6.45, 7) is 1.40. The van der Waals surface area contributed by atoms with Crippen molar-refractivity contribution in [1.29, 1.82) is 0 Å². The molecule has 1 N–H and O–H groups in total. The number of hydrogen-bond donors (Lipinski definition) is 1. The van der Waals surface area contributed by atoms with Gasteiger partial charge < -0.3 is 10.2 Å². The van der Waals surface area contributed by atoms with Crippen molar-refractivity contribution in [2.45, 2.75) is 18.8 Å². The molecule has 4 nitrogen and oxygen atoms in total. The Bertz CT molecular complexity index is 1030. The molecule has 1 aliphatic rings.